The van der Waals surface area contributed by atoms with Crippen LogP contribution in [0.5, 0.6) is 5.75 Å². The third-order valence-corrected chi connectivity index (χ3v) is 3.85. The molecule has 108 valence electrons. The fourth-order valence-corrected chi connectivity index (χ4v) is 2.74. The highest BCUT2D eigenvalue weighted by Gasteiger charge is 2.11. The molecule has 0 saturated carbocycles. The van der Waals surface area contributed by atoms with Crippen molar-refractivity contribution in [2.75, 3.05) is 33.9 Å². The number of fused-ring (bicyclic) bond motifs is 1. The van der Waals surface area contributed by atoms with Crippen molar-refractivity contribution >= 4 is 27.4 Å². The van der Waals surface area contributed by atoms with Gasteiger partial charge in [-0.15, -0.1) is 11.3 Å². The molecular formula is C15H19NO3S. The molecule has 1 aromatic carbocycles. The standard InChI is InChI=1S/C15H19NO3S/c1-4-18-15(17)14-9-11-5-6-12(10-13(11)20-14)19-8-7-16(2)3/h5-6,9-10H,4,7-8H2,1-3H3. The average molecular weight is 293 g/mol. The summed E-state index contributed by atoms with van der Waals surface area (Å²) in [5.74, 6) is 0.570. The van der Waals surface area contributed by atoms with Gasteiger partial charge in [0.05, 0.1) is 6.61 Å². The van der Waals surface area contributed by atoms with Crippen LogP contribution < -0.4 is 4.74 Å². The second-order valence-corrected chi connectivity index (χ2v) is 5.77. The van der Waals surface area contributed by atoms with Crippen LogP contribution in [0.3, 0.4) is 0 Å². The number of thiophene rings is 1. The molecule has 0 spiro atoms. The van der Waals surface area contributed by atoms with Crippen LogP contribution in [0.4, 0.5) is 0 Å². The van der Waals surface area contributed by atoms with Crippen LogP contribution in [0.15, 0.2) is 24.3 Å². The van der Waals surface area contributed by atoms with Crippen LogP contribution in [0, 0.1) is 0 Å². The molecule has 2 aromatic rings. The van der Waals surface area contributed by atoms with Crippen molar-refractivity contribution in [3.63, 3.8) is 0 Å². The lowest BCUT2D eigenvalue weighted by molar-refractivity contribution is 0.0532. The maximum absolute atomic E-state index is 11.7. The Morgan fingerprint density at radius 2 is 2.10 bits per heavy atom. The molecule has 0 radical (unpaired) electrons. The van der Waals surface area contributed by atoms with E-state index in [4.69, 9.17) is 9.47 Å². The van der Waals surface area contributed by atoms with Crippen LogP contribution in [0.1, 0.15) is 16.6 Å². The monoisotopic (exact) mass is 293 g/mol. The van der Waals surface area contributed by atoms with Gasteiger partial charge in [-0.3, -0.25) is 0 Å². The highest BCUT2D eigenvalue weighted by molar-refractivity contribution is 7.20. The molecule has 0 aliphatic heterocycles. The van der Waals surface area contributed by atoms with E-state index < -0.39 is 0 Å². The number of esters is 1. The van der Waals surface area contributed by atoms with Crippen molar-refractivity contribution in [2.45, 2.75) is 6.92 Å². The Kier molecular flexibility index (Phi) is 4.98. The SMILES string of the molecule is CCOC(=O)c1cc2ccc(OCCN(C)C)cc2s1. The second kappa shape index (κ2) is 6.72. The summed E-state index contributed by atoms with van der Waals surface area (Å²) in [6.45, 7) is 3.72. The van der Waals surface area contributed by atoms with Gasteiger partial charge in [0.2, 0.25) is 0 Å². The molecule has 0 bridgehead atoms. The molecule has 0 unspecified atom stereocenters. The van der Waals surface area contributed by atoms with Gasteiger partial charge in [0, 0.05) is 11.2 Å². The quantitative estimate of drug-likeness (QED) is 0.767. The van der Waals surface area contributed by atoms with Crippen LogP contribution in [0.2, 0.25) is 0 Å². The van der Waals surface area contributed by atoms with Gasteiger partial charge in [0.25, 0.3) is 0 Å². The predicted molar refractivity (Wildman–Crippen MR) is 81.8 cm³/mol. The number of hydrogen-bond acceptors (Lipinski definition) is 5. The Labute approximate surface area is 122 Å². The summed E-state index contributed by atoms with van der Waals surface area (Å²) in [6, 6.07) is 7.74. The van der Waals surface area contributed by atoms with Gasteiger partial charge in [-0.1, -0.05) is 0 Å². The minimum absolute atomic E-state index is 0.260. The Morgan fingerprint density at radius 1 is 1.30 bits per heavy atom. The summed E-state index contributed by atoms with van der Waals surface area (Å²) in [4.78, 5) is 14.4. The smallest absolute Gasteiger partial charge is 0.348 e. The summed E-state index contributed by atoms with van der Waals surface area (Å²) < 4.78 is 11.7. The van der Waals surface area contributed by atoms with Gasteiger partial charge in [0.15, 0.2) is 0 Å². The summed E-state index contributed by atoms with van der Waals surface area (Å²) in [6.07, 6.45) is 0. The van der Waals surface area contributed by atoms with Crippen molar-refractivity contribution < 1.29 is 14.3 Å². The summed E-state index contributed by atoms with van der Waals surface area (Å²) in [7, 11) is 4.02. The molecule has 0 atom stereocenters. The topological polar surface area (TPSA) is 38.8 Å². The van der Waals surface area contributed by atoms with Crippen molar-refractivity contribution in [3.05, 3.63) is 29.1 Å². The maximum Gasteiger partial charge on any atom is 0.348 e. The maximum atomic E-state index is 11.7. The highest BCUT2D eigenvalue weighted by Crippen LogP contribution is 2.29. The fourth-order valence-electron chi connectivity index (χ4n) is 1.75. The van der Waals surface area contributed by atoms with Crippen molar-refractivity contribution in [2.24, 2.45) is 0 Å². The minimum Gasteiger partial charge on any atom is -0.492 e. The molecule has 0 amide bonds. The number of rotatable bonds is 6. The molecule has 0 aliphatic rings. The molecule has 1 heterocycles. The molecule has 0 fully saturated rings. The number of hydrogen-bond donors (Lipinski definition) is 0. The van der Waals surface area contributed by atoms with Crippen LogP contribution in [0.25, 0.3) is 10.1 Å². The fraction of sp³-hybridized carbons (Fsp3) is 0.400. The Balaban J connectivity index is 2.11. The van der Waals surface area contributed by atoms with E-state index in [0.717, 1.165) is 22.4 Å². The van der Waals surface area contributed by atoms with E-state index in [-0.39, 0.29) is 5.97 Å². The zero-order valence-electron chi connectivity index (χ0n) is 12.0. The van der Waals surface area contributed by atoms with E-state index in [1.807, 2.05) is 45.3 Å². The average Bonchev–Trinajstić information content (AvgIpc) is 2.81. The molecule has 1 aromatic heterocycles. The van der Waals surface area contributed by atoms with Crippen molar-refractivity contribution in [1.29, 1.82) is 0 Å². The van der Waals surface area contributed by atoms with E-state index >= 15 is 0 Å². The van der Waals surface area contributed by atoms with E-state index in [1.54, 1.807) is 0 Å². The first-order valence-corrected chi connectivity index (χ1v) is 7.40. The normalized spacial score (nSPS) is 11.0. The molecule has 0 N–H and O–H groups in total. The largest absolute Gasteiger partial charge is 0.492 e. The van der Waals surface area contributed by atoms with Gasteiger partial charge in [-0.25, -0.2) is 4.79 Å². The molecular weight excluding hydrogens is 274 g/mol. The highest BCUT2D eigenvalue weighted by atomic mass is 32.1. The number of ether oxygens (including phenoxy) is 2. The van der Waals surface area contributed by atoms with Crippen molar-refractivity contribution in [1.82, 2.24) is 4.90 Å². The predicted octanol–water partition coefficient (Wildman–Crippen LogP) is 3.02. The molecule has 4 nitrogen and oxygen atoms in total. The Bertz CT molecular complexity index is 592. The number of likely N-dealkylation sites (N-methyl/N-ethyl adjacent to an activating group) is 1. The zero-order valence-corrected chi connectivity index (χ0v) is 12.8. The second-order valence-electron chi connectivity index (χ2n) is 4.68. The van der Waals surface area contributed by atoms with Gasteiger partial charge in [-0.05, 0) is 50.7 Å². The lowest BCUT2D eigenvalue weighted by Gasteiger charge is -2.10. The van der Waals surface area contributed by atoms with E-state index in [0.29, 0.717) is 18.1 Å². The third-order valence-electron chi connectivity index (χ3n) is 2.78. The van der Waals surface area contributed by atoms with Crippen LogP contribution >= 0.6 is 11.3 Å². The zero-order chi connectivity index (χ0) is 14.5. The first kappa shape index (κ1) is 14.8. The first-order valence-electron chi connectivity index (χ1n) is 6.58. The number of carbonyl (C=O) groups is 1. The first-order chi connectivity index (χ1) is 9.60. The number of carbonyl (C=O) groups excluding carboxylic acids is 1. The summed E-state index contributed by atoms with van der Waals surface area (Å²) in [5.41, 5.74) is 0. The summed E-state index contributed by atoms with van der Waals surface area (Å²) in [5, 5.41) is 1.04. The van der Waals surface area contributed by atoms with Gasteiger partial charge in [-0.2, -0.15) is 0 Å². The molecule has 0 aliphatic carbocycles. The molecule has 2 rings (SSSR count). The minimum atomic E-state index is -0.260. The lowest BCUT2D eigenvalue weighted by Crippen LogP contribution is -2.19. The van der Waals surface area contributed by atoms with Crippen LogP contribution in [-0.4, -0.2) is 44.7 Å². The van der Waals surface area contributed by atoms with Gasteiger partial charge in [0.1, 0.15) is 17.2 Å². The third kappa shape index (κ3) is 3.71. The molecule has 20 heavy (non-hydrogen) atoms. The lowest BCUT2D eigenvalue weighted by atomic mass is 10.2. The van der Waals surface area contributed by atoms with Crippen LogP contribution in [-0.2, 0) is 4.74 Å². The van der Waals surface area contributed by atoms with Gasteiger partial charge >= 0.3 is 5.97 Å². The van der Waals surface area contributed by atoms with Gasteiger partial charge < -0.3 is 14.4 Å². The van der Waals surface area contributed by atoms with E-state index in [2.05, 4.69) is 4.90 Å². The number of nitrogens with zero attached hydrogens (tertiary/aromatic N) is 1. The van der Waals surface area contributed by atoms with Crippen molar-refractivity contribution in [3.8, 4) is 5.75 Å². The molecule has 0 saturated heterocycles. The Hall–Kier alpha value is -1.59. The van der Waals surface area contributed by atoms with E-state index in [9.17, 15) is 4.79 Å². The molecule has 5 heteroatoms. The van der Waals surface area contributed by atoms with E-state index in [1.165, 1.54) is 11.3 Å². The Morgan fingerprint density at radius 3 is 2.80 bits per heavy atom. The number of benzene rings is 1. The summed E-state index contributed by atoms with van der Waals surface area (Å²) >= 11 is 1.43.